The second kappa shape index (κ2) is 7.08. The van der Waals surface area contributed by atoms with E-state index < -0.39 is 0 Å². The Balaban J connectivity index is 1.65. The molecule has 3 nitrogen and oxygen atoms in total. The van der Waals surface area contributed by atoms with Crippen LogP contribution in [0.2, 0.25) is 0 Å². The molecule has 0 spiro atoms. The summed E-state index contributed by atoms with van der Waals surface area (Å²) >= 11 is 0. The standard InChI is InChI=1S/C21H26N2O/c1-4-18-7-9-19(10-8-18)21(24)23-13-11-22(12-14-23)20-15-16(2)5-6-17(20)3/h5-10,15H,4,11-14H2,1-3H3. The number of aryl methyl sites for hydroxylation is 3. The third-order valence-electron chi connectivity index (χ3n) is 4.88. The van der Waals surface area contributed by atoms with E-state index in [2.05, 4.69) is 56.0 Å². The van der Waals surface area contributed by atoms with Gasteiger partial charge in [0.1, 0.15) is 0 Å². The smallest absolute Gasteiger partial charge is 0.253 e. The molecule has 0 aromatic heterocycles. The van der Waals surface area contributed by atoms with Crippen molar-refractivity contribution in [1.82, 2.24) is 4.90 Å². The summed E-state index contributed by atoms with van der Waals surface area (Å²) in [5, 5.41) is 0. The predicted molar refractivity (Wildman–Crippen MR) is 99.9 cm³/mol. The van der Waals surface area contributed by atoms with Crippen LogP contribution >= 0.6 is 0 Å². The highest BCUT2D eigenvalue weighted by atomic mass is 16.2. The molecule has 0 N–H and O–H groups in total. The topological polar surface area (TPSA) is 23.6 Å². The average Bonchev–Trinajstić information content (AvgIpc) is 2.63. The van der Waals surface area contributed by atoms with Gasteiger partial charge in [-0.1, -0.05) is 31.2 Å². The second-order valence-corrected chi connectivity index (χ2v) is 6.62. The number of anilines is 1. The number of benzene rings is 2. The summed E-state index contributed by atoms with van der Waals surface area (Å²) < 4.78 is 0. The molecule has 0 aliphatic carbocycles. The highest BCUT2D eigenvalue weighted by Gasteiger charge is 2.23. The van der Waals surface area contributed by atoms with Crippen LogP contribution in [0.1, 0.15) is 34.0 Å². The van der Waals surface area contributed by atoms with E-state index in [9.17, 15) is 4.79 Å². The Labute approximate surface area is 144 Å². The Morgan fingerprint density at radius 1 is 0.958 bits per heavy atom. The summed E-state index contributed by atoms with van der Waals surface area (Å²) in [6, 6.07) is 14.6. The zero-order chi connectivity index (χ0) is 17.1. The van der Waals surface area contributed by atoms with Crippen LogP contribution in [-0.4, -0.2) is 37.0 Å². The van der Waals surface area contributed by atoms with Gasteiger partial charge >= 0.3 is 0 Å². The first-order valence-electron chi connectivity index (χ1n) is 8.79. The van der Waals surface area contributed by atoms with Crippen molar-refractivity contribution in [2.75, 3.05) is 31.1 Å². The fourth-order valence-electron chi connectivity index (χ4n) is 3.28. The van der Waals surface area contributed by atoms with Crippen LogP contribution in [0, 0.1) is 13.8 Å². The van der Waals surface area contributed by atoms with Gasteiger partial charge in [-0.3, -0.25) is 4.79 Å². The van der Waals surface area contributed by atoms with Gasteiger partial charge in [0.05, 0.1) is 0 Å². The summed E-state index contributed by atoms with van der Waals surface area (Å²) in [7, 11) is 0. The number of hydrogen-bond acceptors (Lipinski definition) is 2. The van der Waals surface area contributed by atoms with Crippen molar-refractivity contribution in [2.45, 2.75) is 27.2 Å². The molecule has 2 aromatic carbocycles. The van der Waals surface area contributed by atoms with Crippen LogP contribution in [-0.2, 0) is 6.42 Å². The van der Waals surface area contributed by atoms with Gasteiger partial charge in [0, 0.05) is 37.4 Å². The molecule has 1 aliphatic heterocycles. The molecule has 1 amide bonds. The van der Waals surface area contributed by atoms with Gasteiger partial charge < -0.3 is 9.80 Å². The molecule has 0 atom stereocenters. The van der Waals surface area contributed by atoms with Crippen molar-refractivity contribution in [3.05, 3.63) is 64.7 Å². The molecule has 126 valence electrons. The molecular weight excluding hydrogens is 296 g/mol. The SMILES string of the molecule is CCc1ccc(C(=O)N2CCN(c3cc(C)ccc3C)CC2)cc1. The fraction of sp³-hybridized carbons (Fsp3) is 0.381. The van der Waals surface area contributed by atoms with Crippen molar-refractivity contribution < 1.29 is 4.79 Å². The lowest BCUT2D eigenvalue weighted by molar-refractivity contribution is 0.0747. The van der Waals surface area contributed by atoms with Crippen molar-refractivity contribution in [3.8, 4) is 0 Å². The van der Waals surface area contributed by atoms with Crippen molar-refractivity contribution in [3.63, 3.8) is 0 Å². The Morgan fingerprint density at radius 2 is 1.62 bits per heavy atom. The van der Waals surface area contributed by atoms with E-state index in [4.69, 9.17) is 0 Å². The second-order valence-electron chi connectivity index (χ2n) is 6.62. The van der Waals surface area contributed by atoms with Crippen molar-refractivity contribution in [2.24, 2.45) is 0 Å². The first-order valence-corrected chi connectivity index (χ1v) is 8.79. The van der Waals surface area contributed by atoms with E-state index in [-0.39, 0.29) is 5.91 Å². The number of carbonyl (C=O) groups excluding carboxylic acids is 1. The van der Waals surface area contributed by atoms with E-state index >= 15 is 0 Å². The van der Waals surface area contributed by atoms with Gasteiger partial charge in [-0.15, -0.1) is 0 Å². The minimum atomic E-state index is 0.151. The minimum absolute atomic E-state index is 0.151. The highest BCUT2D eigenvalue weighted by molar-refractivity contribution is 5.94. The fourth-order valence-corrected chi connectivity index (χ4v) is 3.28. The molecule has 1 heterocycles. The van der Waals surface area contributed by atoms with Crippen molar-refractivity contribution >= 4 is 11.6 Å². The number of carbonyl (C=O) groups is 1. The molecule has 0 radical (unpaired) electrons. The summed E-state index contributed by atoms with van der Waals surface area (Å²) in [5.74, 6) is 0.151. The van der Waals surface area contributed by atoms with Gasteiger partial charge in [0.15, 0.2) is 0 Å². The van der Waals surface area contributed by atoms with Gasteiger partial charge in [-0.2, -0.15) is 0 Å². The van der Waals surface area contributed by atoms with E-state index in [1.165, 1.54) is 22.4 Å². The Morgan fingerprint density at radius 3 is 2.25 bits per heavy atom. The molecule has 3 heteroatoms. The average molecular weight is 322 g/mol. The number of rotatable bonds is 3. The molecule has 0 unspecified atom stereocenters. The zero-order valence-corrected chi connectivity index (χ0v) is 14.9. The molecular formula is C21H26N2O. The number of amides is 1. The highest BCUT2D eigenvalue weighted by Crippen LogP contribution is 2.23. The number of piperazine rings is 1. The normalized spacial score (nSPS) is 14.8. The maximum absolute atomic E-state index is 12.7. The Kier molecular flexibility index (Phi) is 4.89. The van der Waals surface area contributed by atoms with E-state index in [0.717, 1.165) is 38.2 Å². The van der Waals surface area contributed by atoms with Gasteiger partial charge in [-0.25, -0.2) is 0 Å². The molecule has 1 saturated heterocycles. The maximum atomic E-state index is 12.7. The van der Waals surface area contributed by atoms with E-state index in [1.807, 2.05) is 17.0 Å². The monoisotopic (exact) mass is 322 g/mol. The van der Waals surface area contributed by atoms with E-state index in [0.29, 0.717) is 0 Å². The van der Waals surface area contributed by atoms with Gasteiger partial charge in [0.25, 0.3) is 5.91 Å². The summed E-state index contributed by atoms with van der Waals surface area (Å²) in [4.78, 5) is 17.0. The summed E-state index contributed by atoms with van der Waals surface area (Å²) in [5.41, 5.74) is 5.95. The largest absolute Gasteiger partial charge is 0.368 e. The maximum Gasteiger partial charge on any atom is 0.253 e. The predicted octanol–water partition coefficient (Wildman–Crippen LogP) is 3.83. The third-order valence-corrected chi connectivity index (χ3v) is 4.88. The quantitative estimate of drug-likeness (QED) is 0.857. The van der Waals surface area contributed by atoms with Gasteiger partial charge in [-0.05, 0) is 55.2 Å². The molecule has 2 aromatic rings. The van der Waals surface area contributed by atoms with Crippen LogP contribution in [0.3, 0.4) is 0 Å². The molecule has 24 heavy (non-hydrogen) atoms. The summed E-state index contributed by atoms with van der Waals surface area (Å²) in [6.45, 7) is 9.75. The number of nitrogens with zero attached hydrogens (tertiary/aromatic N) is 2. The summed E-state index contributed by atoms with van der Waals surface area (Å²) in [6.07, 6.45) is 1.00. The van der Waals surface area contributed by atoms with Gasteiger partial charge in [0.2, 0.25) is 0 Å². The van der Waals surface area contributed by atoms with Crippen molar-refractivity contribution in [1.29, 1.82) is 0 Å². The lowest BCUT2D eigenvalue weighted by atomic mass is 10.1. The molecule has 1 fully saturated rings. The number of hydrogen-bond donors (Lipinski definition) is 0. The first kappa shape index (κ1) is 16.6. The molecule has 0 bridgehead atoms. The first-order chi connectivity index (χ1) is 11.6. The van der Waals surface area contributed by atoms with Crippen LogP contribution in [0.4, 0.5) is 5.69 Å². The Bertz CT molecular complexity index is 713. The zero-order valence-electron chi connectivity index (χ0n) is 14.9. The lowest BCUT2D eigenvalue weighted by Gasteiger charge is -2.37. The van der Waals surface area contributed by atoms with Crippen LogP contribution < -0.4 is 4.90 Å². The van der Waals surface area contributed by atoms with Crippen LogP contribution in [0.15, 0.2) is 42.5 Å². The van der Waals surface area contributed by atoms with E-state index in [1.54, 1.807) is 0 Å². The Hall–Kier alpha value is -2.29. The third kappa shape index (κ3) is 3.45. The lowest BCUT2D eigenvalue weighted by Crippen LogP contribution is -2.49. The minimum Gasteiger partial charge on any atom is -0.368 e. The van der Waals surface area contributed by atoms with Crippen LogP contribution in [0.5, 0.6) is 0 Å². The molecule has 3 rings (SSSR count). The van der Waals surface area contributed by atoms with Crippen LogP contribution in [0.25, 0.3) is 0 Å². The molecule has 0 saturated carbocycles. The molecule has 1 aliphatic rings.